The van der Waals surface area contributed by atoms with E-state index < -0.39 is 10.0 Å². The number of sulfonamides is 1. The van der Waals surface area contributed by atoms with Crippen LogP contribution in [0, 0.1) is 20.8 Å². The lowest BCUT2D eigenvalue weighted by Gasteiger charge is -2.24. The van der Waals surface area contributed by atoms with Crippen LogP contribution in [0.2, 0.25) is 0 Å². The Bertz CT molecular complexity index is 890. The van der Waals surface area contributed by atoms with E-state index in [0.717, 1.165) is 34.5 Å². The van der Waals surface area contributed by atoms with Gasteiger partial charge in [-0.15, -0.1) is 0 Å². The molecule has 6 heteroatoms. The highest BCUT2D eigenvalue weighted by molar-refractivity contribution is 7.92. The Kier molecular flexibility index (Phi) is 7.02. The Morgan fingerprint density at radius 1 is 1.00 bits per heavy atom. The molecule has 0 aromatic heterocycles. The average molecular weight is 389 g/mol. The van der Waals surface area contributed by atoms with Crippen LogP contribution in [0.15, 0.2) is 42.5 Å². The highest BCUT2D eigenvalue weighted by Crippen LogP contribution is 2.23. The topological polar surface area (TPSA) is 66.5 Å². The average Bonchev–Trinajstić information content (AvgIpc) is 2.58. The molecule has 0 aliphatic carbocycles. The van der Waals surface area contributed by atoms with Gasteiger partial charge in [0.05, 0.1) is 11.9 Å². The van der Waals surface area contributed by atoms with Crippen LogP contribution in [0.5, 0.6) is 0 Å². The van der Waals surface area contributed by atoms with E-state index in [9.17, 15) is 13.2 Å². The van der Waals surface area contributed by atoms with Crippen LogP contribution in [-0.4, -0.2) is 33.7 Å². The molecule has 146 valence electrons. The number of carbonyl (C=O) groups is 1. The Balaban J connectivity index is 1.93. The number of aryl methyl sites for hydroxylation is 4. The van der Waals surface area contributed by atoms with Crippen molar-refractivity contribution in [1.29, 1.82) is 0 Å². The fraction of sp³-hybridized carbons (Fsp3) is 0.381. The summed E-state index contributed by atoms with van der Waals surface area (Å²) in [6.07, 6.45) is 2.79. The van der Waals surface area contributed by atoms with Gasteiger partial charge in [0.1, 0.15) is 6.54 Å². The molecule has 1 N–H and O–H groups in total. The summed E-state index contributed by atoms with van der Waals surface area (Å²) >= 11 is 0. The van der Waals surface area contributed by atoms with Crippen molar-refractivity contribution in [3.05, 3.63) is 64.7 Å². The van der Waals surface area contributed by atoms with Crippen LogP contribution in [0.25, 0.3) is 0 Å². The zero-order valence-electron chi connectivity index (χ0n) is 16.5. The third kappa shape index (κ3) is 6.40. The predicted octanol–water partition coefficient (Wildman–Crippen LogP) is 3.13. The van der Waals surface area contributed by atoms with Gasteiger partial charge in [-0.3, -0.25) is 9.10 Å². The molecule has 0 saturated carbocycles. The number of nitrogens with one attached hydrogen (secondary N) is 1. The first-order valence-corrected chi connectivity index (χ1v) is 10.9. The molecule has 0 radical (unpaired) electrons. The third-order valence-electron chi connectivity index (χ3n) is 4.39. The zero-order chi connectivity index (χ0) is 20.0. The van der Waals surface area contributed by atoms with E-state index >= 15 is 0 Å². The molecular formula is C21H28N2O3S. The Labute approximate surface area is 162 Å². The summed E-state index contributed by atoms with van der Waals surface area (Å²) in [4.78, 5) is 12.3. The van der Waals surface area contributed by atoms with Crippen molar-refractivity contribution in [1.82, 2.24) is 5.32 Å². The van der Waals surface area contributed by atoms with Gasteiger partial charge in [0, 0.05) is 6.54 Å². The number of anilines is 1. The van der Waals surface area contributed by atoms with E-state index in [2.05, 4.69) is 29.6 Å². The van der Waals surface area contributed by atoms with E-state index in [0.29, 0.717) is 12.2 Å². The number of hydrogen-bond donors (Lipinski definition) is 1. The summed E-state index contributed by atoms with van der Waals surface area (Å²) in [7, 11) is -3.55. The summed E-state index contributed by atoms with van der Waals surface area (Å²) in [6, 6.07) is 13.8. The lowest BCUT2D eigenvalue weighted by Crippen LogP contribution is -2.41. The minimum absolute atomic E-state index is 0.215. The van der Waals surface area contributed by atoms with Crippen LogP contribution in [0.4, 0.5) is 5.69 Å². The van der Waals surface area contributed by atoms with Gasteiger partial charge in [0.2, 0.25) is 15.9 Å². The minimum atomic E-state index is -3.55. The zero-order valence-corrected chi connectivity index (χ0v) is 17.3. The third-order valence-corrected chi connectivity index (χ3v) is 5.52. The highest BCUT2D eigenvalue weighted by atomic mass is 32.2. The van der Waals surface area contributed by atoms with Crippen LogP contribution in [0.3, 0.4) is 0 Å². The molecule has 0 unspecified atom stereocenters. The molecule has 2 aromatic rings. The van der Waals surface area contributed by atoms with Crippen molar-refractivity contribution in [2.75, 3.05) is 23.7 Å². The maximum atomic E-state index is 12.3. The van der Waals surface area contributed by atoms with Crippen LogP contribution >= 0.6 is 0 Å². The molecule has 2 aromatic carbocycles. The molecule has 0 aliphatic heterocycles. The first-order valence-electron chi connectivity index (χ1n) is 9.04. The standard InChI is InChI=1S/C21H28N2O3S/c1-16-7-10-19(11-8-16)6-5-13-22-21(24)15-23(27(4,25)26)20-12-9-17(2)14-18(20)3/h7-12,14H,5-6,13,15H2,1-4H3,(H,22,24). The number of nitrogens with zero attached hydrogens (tertiary/aromatic N) is 1. The monoisotopic (exact) mass is 388 g/mol. The Morgan fingerprint density at radius 3 is 2.22 bits per heavy atom. The largest absolute Gasteiger partial charge is 0.355 e. The molecule has 0 saturated heterocycles. The van der Waals surface area contributed by atoms with E-state index in [-0.39, 0.29) is 12.5 Å². The first kappa shape index (κ1) is 21.0. The van der Waals surface area contributed by atoms with Crippen molar-refractivity contribution in [2.45, 2.75) is 33.6 Å². The first-order chi connectivity index (χ1) is 12.7. The van der Waals surface area contributed by atoms with Gasteiger partial charge in [-0.05, 0) is 50.8 Å². The van der Waals surface area contributed by atoms with Crippen molar-refractivity contribution < 1.29 is 13.2 Å². The second-order valence-electron chi connectivity index (χ2n) is 7.00. The molecule has 0 heterocycles. The molecule has 27 heavy (non-hydrogen) atoms. The molecule has 0 spiro atoms. The maximum Gasteiger partial charge on any atom is 0.240 e. The molecule has 0 aliphatic rings. The Hall–Kier alpha value is -2.34. The minimum Gasteiger partial charge on any atom is -0.355 e. The number of benzene rings is 2. The summed E-state index contributed by atoms with van der Waals surface area (Å²) < 4.78 is 25.5. The van der Waals surface area contributed by atoms with Crippen LogP contribution in [0.1, 0.15) is 28.7 Å². The second-order valence-corrected chi connectivity index (χ2v) is 8.91. The molecule has 0 fully saturated rings. The lowest BCUT2D eigenvalue weighted by atomic mass is 10.1. The molecule has 2 rings (SSSR count). The number of amides is 1. The molecule has 5 nitrogen and oxygen atoms in total. The smallest absolute Gasteiger partial charge is 0.240 e. The lowest BCUT2D eigenvalue weighted by molar-refractivity contribution is -0.119. The molecule has 0 bridgehead atoms. The number of carbonyl (C=O) groups excluding carboxylic acids is 1. The van der Waals surface area contributed by atoms with E-state index in [1.54, 1.807) is 6.07 Å². The van der Waals surface area contributed by atoms with Crippen molar-refractivity contribution in [3.63, 3.8) is 0 Å². The van der Waals surface area contributed by atoms with Gasteiger partial charge in [0.25, 0.3) is 0 Å². The van der Waals surface area contributed by atoms with Crippen molar-refractivity contribution >= 4 is 21.6 Å². The molecule has 1 amide bonds. The highest BCUT2D eigenvalue weighted by Gasteiger charge is 2.22. The second kappa shape index (κ2) is 9.04. The SMILES string of the molecule is Cc1ccc(CCCNC(=O)CN(c2ccc(C)cc2C)S(C)(=O)=O)cc1. The summed E-state index contributed by atoms with van der Waals surface area (Å²) in [6.45, 7) is 6.14. The van der Waals surface area contributed by atoms with Gasteiger partial charge >= 0.3 is 0 Å². The van der Waals surface area contributed by atoms with Crippen LogP contribution in [-0.2, 0) is 21.2 Å². The summed E-state index contributed by atoms with van der Waals surface area (Å²) in [5.74, 6) is -0.302. The van der Waals surface area contributed by atoms with Crippen molar-refractivity contribution in [2.24, 2.45) is 0 Å². The molecular weight excluding hydrogens is 360 g/mol. The van der Waals surface area contributed by atoms with E-state index in [1.165, 1.54) is 11.1 Å². The van der Waals surface area contributed by atoms with E-state index in [4.69, 9.17) is 0 Å². The number of rotatable bonds is 8. The molecule has 0 atom stereocenters. The van der Waals surface area contributed by atoms with Gasteiger partial charge < -0.3 is 5.32 Å². The summed E-state index contributed by atoms with van der Waals surface area (Å²) in [5.41, 5.74) is 4.86. The summed E-state index contributed by atoms with van der Waals surface area (Å²) in [5, 5.41) is 2.82. The van der Waals surface area contributed by atoms with Gasteiger partial charge in [0.15, 0.2) is 0 Å². The van der Waals surface area contributed by atoms with Crippen molar-refractivity contribution in [3.8, 4) is 0 Å². The van der Waals surface area contributed by atoms with Gasteiger partial charge in [-0.2, -0.15) is 0 Å². The number of hydrogen-bond acceptors (Lipinski definition) is 3. The van der Waals surface area contributed by atoms with E-state index in [1.807, 2.05) is 32.9 Å². The van der Waals surface area contributed by atoms with Gasteiger partial charge in [-0.25, -0.2) is 8.42 Å². The fourth-order valence-electron chi connectivity index (χ4n) is 2.93. The van der Waals surface area contributed by atoms with Crippen LogP contribution < -0.4 is 9.62 Å². The normalized spacial score (nSPS) is 11.3. The maximum absolute atomic E-state index is 12.3. The van der Waals surface area contributed by atoms with Gasteiger partial charge in [-0.1, -0.05) is 47.5 Å². The fourth-order valence-corrected chi connectivity index (χ4v) is 3.84. The quantitative estimate of drug-likeness (QED) is 0.707. The predicted molar refractivity (Wildman–Crippen MR) is 111 cm³/mol. The Morgan fingerprint density at radius 2 is 1.63 bits per heavy atom.